The SMILES string of the molecule is CNC(CC1OCCO1)c1c(C)cc(C)cc1OC. The van der Waals surface area contributed by atoms with Crippen molar-refractivity contribution in [3.8, 4) is 5.75 Å². The predicted octanol–water partition coefficient (Wildman–Crippen LogP) is 2.34. The average Bonchev–Trinajstić information content (AvgIpc) is 2.88. The van der Waals surface area contributed by atoms with Crippen LogP contribution in [-0.2, 0) is 9.47 Å². The highest BCUT2D eigenvalue weighted by Crippen LogP contribution is 2.33. The lowest BCUT2D eigenvalue weighted by Crippen LogP contribution is -2.24. The van der Waals surface area contributed by atoms with E-state index < -0.39 is 0 Å². The number of hydrogen-bond acceptors (Lipinski definition) is 4. The number of benzene rings is 1. The largest absolute Gasteiger partial charge is 0.496 e. The maximum absolute atomic E-state index is 5.54. The topological polar surface area (TPSA) is 39.7 Å². The summed E-state index contributed by atoms with van der Waals surface area (Å²) in [5.74, 6) is 0.926. The van der Waals surface area contributed by atoms with E-state index in [-0.39, 0.29) is 12.3 Å². The molecule has 106 valence electrons. The summed E-state index contributed by atoms with van der Waals surface area (Å²) in [5.41, 5.74) is 3.63. The van der Waals surface area contributed by atoms with Gasteiger partial charge in [-0.05, 0) is 38.1 Å². The van der Waals surface area contributed by atoms with Crippen LogP contribution in [0.5, 0.6) is 5.75 Å². The fourth-order valence-electron chi connectivity index (χ4n) is 2.67. The molecule has 1 saturated heterocycles. The number of aryl methyl sites for hydroxylation is 2. The van der Waals surface area contributed by atoms with E-state index in [1.54, 1.807) is 7.11 Å². The summed E-state index contributed by atoms with van der Waals surface area (Å²) >= 11 is 0. The zero-order valence-corrected chi connectivity index (χ0v) is 12.2. The number of methoxy groups -OCH3 is 1. The summed E-state index contributed by atoms with van der Waals surface area (Å²) in [7, 11) is 3.67. The monoisotopic (exact) mass is 265 g/mol. The molecule has 1 unspecified atom stereocenters. The lowest BCUT2D eigenvalue weighted by atomic mass is 9.95. The van der Waals surface area contributed by atoms with E-state index in [4.69, 9.17) is 14.2 Å². The summed E-state index contributed by atoms with van der Waals surface area (Å²) < 4.78 is 16.6. The third kappa shape index (κ3) is 3.26. The van der Waals surface area contributed by atoms with Crippen LogP contribution in [0, 0.1) is 13.8 Å². The quantitative estimate of drug-likeness (QED) is 0.887. The van der Waals surface area contributed by atoms with Crippen LogP contribution in [0.4, 0.5) is 0 Å². The Morgan fingerprint density at radius 2 is 2.00 bits per heavy atom. The van der Waals surface area contributed by atoms with Crippen LogP contribution >= 0.6 is 0 Å². The molecule has 1 aromatic carbocycles. The molecule has 0 aromatic heterocycles. The number of hydrogen-bond donors (Lipinski definition) is 1. The van der Waals surface area contributed by atoms with E-state index in [0.717, 1.165) is 12.2 Å². The fraction of sp³-hybridized carbons (Fsp3) is 0.600. The Bertz CT molecular complexity index is 428. The second-order valence-electron chi connectivity index (χ2n) is 4.95. The Balaban J connectivity index is 2.25. The lowest BCUT2D eigenvalue weighted by molar-refractivity contribution is -0.0527. The molecule has 4 nitrogen and oxygen atoms in total. The van der Waals surface area contributed by atoms with E-state index in [2.05, 4.69) is 31.3 Å². The molecule has 4 heteroatoms. The third-order valence-corrected chi connectivity index (χ3v) is 3.53. The van der Waals surface area contributed by atoms with E-state index >= 15 is 0 Å². The summed E-state index contributed by atoms with van der Waals surface area (Å²) in [4.78, 5) is 0. The molecule has 19 heavy (non-hydrogen) atoms. The van der Waals surface area contributed by atoms with Gasteiger partial charge in [-0.3, -0.25) is 0 Å². The van der Waals surface area contributed by atoms with Crippen LogP contribution in [0.25, 0.3) is 0 Å². The van der Waals surface area contributed by atoms with Crippen molar-refractivity contribution >= 4 is 0 Å². The van der Waals surface area contributed by atoms with Gasteiger partial charge in [-0.15, -0.1) is 0 Å². The molecule has 0 radical (unpaired) electrons. The summed E-state index contributed by atoms with van der Waals surface area (Å²) in [6, 6.07) is 4.42. The summed E-state index contributed by atoms with van der Waals surface area (Å²) in [6.07, 6.45) is 0.666. The zero-order chi connectivity index (χ0) is 13.8. The molecular weight excluding hydrogens is 242 g/mol. The Morgan fingerprint density at radius 3 is 2.58 bits per heavy atom. The van der Waals surface area contributed by atoms with Crippen LogP contribution in [0.15, 0.2) is 12.1 Å². The van der Waals surface area contributed by atoms with Crippen LogP contribution in [-0.4, -0.2) is 33.7 Å². The highest BCUT2D eigenvalue weighted by Gasteiger charge is 2.25. The second kappa shape index (κ2) is 6.37. The molecule has 0 bridgehead atoms. The first-order chi connectivity index (χ1) is 9.15. The molecule has 1 aliphatic heterocycles. The van der Waals surface area contributed by atoms with Crippen LogP contribution in [0.1, 0.15) is 29.2 Å². The van der Waals surface area contributed by atoms with E-state index in [0.29, 0.717) is 13.2 Å². The molecule has 0 spiro atoms. The maximum atomic E-state index is 5.54. The van der Waals surface area contributed by atoms with Crippen molar-refractivity contribution in [1.29, 1.82) is 0 Å². The van der Waals surface area contributed by atoms with Crippen molar-refractivity contribution in [1.82, 2.24) is 5.32 Å². The number of rotatable bonds is 5. The van der Waals surface area contributed by atoms with Crippen molar-refractivity contribution in [2.75, 3.05) is 27.4 Å². The lowest BCUT2D eigenvalue weighted by Gasteiger charge is -2.24. The van der Waals surface area contributed by atoms with Gasteiger partial charge >= 0.3 is 0 Å². The molecule has 1 aliphatic rings. The average molecular weight is 265 g/mol. The Morgan fingerprint density at radius 1 is 1.32 bits per heavy atom. The van der Waals surface area contributed by atoms with Crippen LogP contribution < -0.4 is 10.1 Å². The fourth-order valence-corrected chi connectivity index (χ4v) is 2.67. The Kier molecular flexibility index (Phi) is 4.80. The molecule has 2 rings (SSSR count). The Hall–Kier alpha value is -1.10. The predicted molar refractivity (Wildman–Crippen MR) is 74.6 cm³/mol. The molecular formula is C15H23NO3. The molecule has 0 saturated carbocycles. The van der Waals surface area contributed by atoms with Gasteiger partial charge in [-0.25, -0.2) is 0 Å². The minimum absolute atomic E-state index is 0.122. The zero-order valence-electron chi connectivity index (χ0n) is 12.2. The molecule has 1 aromatic rings. The van der Waals surface area contributed by atoms with Gasteiger partial charge < -0.3 is 19.5 Å². The Labute approximate surface area is 115 Å². The van der Waals surface area contributed by atoms with Gasteiger partial charge in [-0.2, -0.15) is 0 Å². The van der Waals surface area contributed by atoms with E-state index in [1.165, 1.54) is 16.7 Å². The standard InChI is InChI=1S/C15H23NO3/c1-10-7-11(2)15(13(8-10)17-4)12(16-3)9-14-18-5-6-19-14/h7-8,12,14,16H,5-6,9H2,1-4H3. The molecule has 1 heterocycles. The van der Waals surface area contributed by atoms with Gasteiger partial charge in [0.15, 0.2) is 6.29 Å². The number of nitrogens with one attached hydrogen (secondary N) is 1. The minimum Gasteiger partial charge on any atom is -0.496 e. The maximum Gasteiger partial charge on any atom is 0.159 e. The molecule has 0 aliphatic carbocycles. The number of ether oxygens (including phenoxy) is 3. The van der Waals surface area contributed by atoms with E-state index in [1.807, 2.05) is 7.05 Å². The van der Waals surface area contributed by atoms with Crippen molar-refractivity contribution in [2.24, 2.45) is 0 Å². The van der Waals surface area contributed by atoms with Gasteiger partial charge in [0.2, 0.25) is 0 Å². The van der Waals surface area contributed by atoms with Gasteiger partial charge in [0.05, 0.1) is 20.3 Å². The van der Waals surface area contributed by atoms with E-state index in [9.17, 15) is 0 Å². The molecule has 0 amide bonds. The molecule has 1 atom stereocenters. The second-order valence-corrected chi connectivity index (χ2v) is 4.95. The summed E-state index contributed by atoms with van der Waals surface area (Å²) in [5, 5.41) is 3.34. The van der Waals surface area contributed by atoms with Crippen molar-refractivity contribution in [3.63, 3.8) is 0 Å². The third-order valence-electron chi connectivity index (χ3n) is 3.53. The normalized spacial score (nSPS) is 17.7. The summed E-state index contributed by atoms with van der Waals surface area (Å²) in [6.45, 7) is 5.57. The van der Waals surface area contributed by atoms with Crippen molar-refractivity contribution in [2.45, 2.75) is 32.6 Å². The van der Waals surface area contributed by atoms with Crippen molar-refractivity contribution in [3.05, 3.63) is 28.8 Å². The first-order valence-corrected chi connectivity index (χ1v) is 6.71. The van der Waals surface area contributed by atoms with Gasteiger partial charge in [0.1, 0.15) is 5.75 Å². The highest BCUT2D eigenvalue weighted by atomic mass is 16.7. The van der Waals surface area contributed by atoms with Crippen LogP contribution in [0.2, 0.25) is 0 Å². The van der Waals surface area contributed by atoms with Gasteiger partial charge in [0.25, 0.3) is 0 Å². The highest BCUT2D eigenvalue weighted by molar-refractivity contribution is 5.45. The first kappa shape index (κ1) is 14.3. The van der Waals surface area contributed by atoms with Crippen molar-refractivity contribution < 1.29 is 14.2 Å². The minimum atomic E-state index is -0.122. The van der Waals surface area contributed by atoms with Crippen LogP contribution in [0.3, 0.4) is 0 Å². The van der Waals surface area contributed by atoms with Gasteiger partial charge in [-0.1, -0.05) is 6.07 Å². The smallest absolute Gasteiger partial charge is 0.159 e. The molecule has 1 fully saturated rings. The first-order valence-electron chi connectivity index (χ1n) is 6.71. The molecule has 1 N–H and O–H groups in total. The van der Waals surface area contributed by atoms with Gasteiger partial charge in [0, 0.05) is 18.0 Å².